The molecule has 4 aromatic rings. The number of H-pyrrole nitrogens is 1. The number of methoxy groups -OCH3 is 1. The first kappa shape index (κ1) is 12.6. The highest BCUT2D eigenvalue weighted by molar-refractivity contribution is 5.95. The van der Waals surface area contributed by atoms with Crippen LogP contribution >= 0.6 is 0 Å². The fourth-order valence-electron chi connectivity index (χ4n) is 2.46. The molecule has 0 radical (unpaired) electrons. The van der Waals surface area contributed by atoms with E-state index < -0.39 is 0 Å². The number of fused-ring (bicyclic) bond motifs is 3. The summed E-state index contributed by atoms with van der Waals surface area (Å²) in [5.74, 6) is 1.04. The molecule has 0 saturated heterocycles. The second kappa shape index (κ2) is 4.42. The summed E-state index contributed by atoms with van der Waals surface area (Å²) in [4.78, 5) is 19.5. The van der Waals surface area contributed by atoms with Gasteiger partial charge >= 0.3 is 5.69 Å². The van der Waals surface area contributed by atoms with Crippen molar-refractivity contribution in [2.45, 2.75) is 0 Å². The van der Waals surface area contributed by atoms with Crippen LogP contribution in [-0.4, -0.2) is 36.5 Å². The molecule has 8 heteroatoms. The molecule has 3 aromatic heterocycles. The Hall–Kier alpha value is -3.16. The quantitative estimate of drug-likeness (QED) is 0.595. The summed E-state index contributed by atoms with van der Waals surface area (Å²) in [6.07, 6.45) is 3.46. The van der Waals surface area contributed by atoms with Gasteiger partial charge in [-0.3, -0.25) is 4.68 Å². The number of para-hydroxylation sites is 1. The zero-order valence-electron chi connectivity index (χ0n) is 11.9. The first-order valence-corrected chi connectivity index (χ1v) is 6.62. The van der Waals surface area contributed by atoms with Crippen molar-refractivity contribution < 1.29 is 4.74 Å². The molecule has 0 aliphatic rings. The van der Waals surface area contributed by atoms with Gasteiger partial charge in [0.05, 0.1) is 24.4 Å². The molecule has 4 rings (SSSR count). The zero-order chi connectivity index (χ0) is 15.3. The highest BCUT2D eigenvalue weighted by Gasteiger charge is 2.14. The van der Waals surface area contributed by atoms with Crippen LogP contribution in [0.15, 0.2) is 35.4 Å². The largest absolute Gasteiger partial charge is 0.495 e. The van der Waals surface area contributed by atoms with Crippen LogP contribution in [0, 0.1) is 0 Å². The van der Waals surface area contributed by atoms with Gasteiger partial charge in [-0.05, 0) is 12.1 Å². The lowest BCUT2D eigenvalue weighted by Gasteiger charge is -2.04. The molecule has 8 nitrogen and oxygen atoms in total. The van der Waals surface area contributed by atoms with E-state index in [1.54, 1.807) is 30.3 Å². The number of ether oxygens (including phenoxy) is 1. The predicted molar refractivity (Wildman–Crippen MR) is 79.9 cm³/mol. The second-order valence-electron chi connectivity index (χ2n) is 4.89. The van der Waals surface area contributed by atoms with E-state index in [0.29, 0.717) is 22.7 Å². The van der Waals surface area contributed by atoms with Crippen LogP contribution in [0.5, 0.6) is 5.75 Å². The third-order valence-electron chi connectivity index (χ3n) is 3.48. The van der Waals surface area contributed by atoms with E-state index in [4.69, 9.17) is 4.74 Å². The average molecular weight is 296 g/mol. The summed E-state index contributed by atoms with van der Waals surface area (Å²) >= 11 is 0. The maximum atomic E-state index is 12.2. The van der Waals surface area contributed by atoms with Crippen molar-refractivity contribution in [1.29, 1.82) is 0 Å². The van der Waals surface area contributed by atoms with Crippen LogP contribution in [0.2, 0.25) is 0 Å². The summed E-state index contributed by atoms with van der Waals surface area (Å²) < 4.78 is 8.20. The third kappa shape index (κ3) is 1.70. The number of hydrogen-bond donors (Lipinski definition) is 1. The molecule has 0 amide bonds. The monoisotopic (exact) mass is 296 g/mol. The zero-order valence-corrected chi connectivity index (χ0v) is 11.9. The van der Waals surface area contributed by atoms with Crippen molar-refractivity contribution in [3.05, 3.63) is 41.1 Å². The summed E-state index contributed by atoms with van der Waals surface area (Å²) in [6, 6.07) is 5.50. The van der Waals surface area contributed by atoms with Crippen molar-refractivity contribution in [2.75, 3.05) is 7.11 Å². The Bertz CT molecular complexity index is 1060. The fourth-order valence-corrected chi connectivity index (χ4v) is 2.46. The van der Waals surface area contributed by atoms with E-state index in [2.05, 4.69) is 20.2 Å². The lowest BCUT2D eigenvalue weighted by Crippen LogP contribution is -2.17. The summed E-state index contributed by atoms with van der Waals surface area (Å²) in [5.41, 5.74) is 1.47. The first-order chi connectivity index (χ1) is 10.7. The molecule has 3 heterocycles. The number of aromatic amines is 1. The lowest BCUT2D eigenvalue weighted by atomic mass is 10.2. The molecule has 0 aliphatic heterocycles. The molecular formula is C14H12N6O2. The molecule has 0 fully saturated rings. The Morgan fingerprint density at radius 3 is 2.91 bits per heavy atom. The van der Waals surface area contributed by atoms with E-state index >= 15 is 0 Å². The minimum atomic E-state index is -0.366. The Balaban J connectivity index is 2.09. The summed E-state index contributed by atoms with van der Waals surface area (Å²) in [6.45, 7) is 0. The van der Waals surface area contributed by atoms with Gasteiger partial charge in [0.25, 0.3) is 0 Å². The fraction of sp³-hybridized carbons (Fsp3) is 0.143. The van der Waals surface area contributed by atoms with Gasteiger partial charge in [0, 0.05) is 18.6 Å². The van der Waals surface area contributed by atoms with Gasteiger partial charge in [0.1, 0.15) is 5.75 Å². The highest BCUT2D eigenvalue weighted by atomic mass is 16.5. The van der Waals surface area contributed by atoms with Crippen LogP contribution in [0.25, 0.3) is 27.9 Å². The number of rotatable bonds is 2. The Kier molecular flexibility index (Phi) is 2.52. The maximum Gasteiger partial charge on any atom is 0.348 e. The summed E-state index contributed by atoms with van der Waals surface area (Å²) in [7, 11) is 3.37. The second-order valence-corrected chi connectivity index (χ2v) is 4.89. The number of aromatic nitrogens is 6. The van der Waals surface area contributed by atoms with Crippen molar-refractivity contribution in [2.24, 2.45) is 7.05 Å². The van der Waals surface area contributed by atoms with Crippen molar-refractivity contribution in [3.8, 4) is 17.1 Å². The number of aryl methyl sites for hydroxylation is 1. The van der Waals surface area contributed by atoms with Gasteiger partial charge in [0.2, 0.25) is 0 Å². The number of benzene rings is 1. The van der Waals surface area contributed by atoms with Gasteiger partial charge in [-0.25, -0.2) is 9.78 Å². The first-order valence-electron chi connectivity index (χ1n) is 6.62. The SMILES string of the molecule is COc1cccc2c1[nH]c(=O)n1nc(-c3cnn(C)c3)nc21. The molecule has 0 unspecified atom stereocenters. The summed E-state index contributed by atoms with van der Waals surface area (Å²) in [5, 5.41) is 9.13. The predicted octanol–water partition coefficient (Wildman–Crippen LogP) is 0.980. The lowest BCUT2D eigenvalue weighted by molar-refractivity contribution is 0.418. The van der Waals surface area contributed by atoms with Gasteiger partial charge in [-0.2, -0.15) is 9.61 Å². The van der Waals surface area contributed by atoms with Gasteiger partial charge in [-0.1, -0.05) is 6.07 Å². The van der Waals surface area contributed by atoms with Crippen molar-refractivity contribution in [3.63, 3.8) is 0 Å². The van der Waals surface area contributed by atoms with Crippen LogP contribution in [0.4, 0.5) is 0 Å². The van der Waals surface area contributed by atoms with Crippen LogP contribution in [0.1, 0.15) is 0 Å². The maximum absolute atomic E-state index is 12.2. The molecule has 0 aliphatic carbocycles. The van der Waals surface area contributed by atoms with Crippen LogP contribution < -0.4 is 10.4 Å². The molecule has 22 heavy (non-hydrogen) atoms. The molecule has 1 N–H and O–H groups in total. The molecule has 0 saturated carbocycles. The number of nitrogens with zero attached hydrogens (tertiary/aromatic N) is 5. The molecule has 0 bridgehead atoms. The van der Waals surface area contributed by atoms with Crippen LogP contribution in [0.3, 0.4) is 0 Å². The topological polar surface area (TPSA) is 90.1 Å². The smallest absolute Gasteiger partial charge is 0.348 e. The molecule has 0 atom stereocenters. The number of hydrogen-bond acceptors (Lipinski definition) is 5. The third-order valence-corrected chi connectivity index (χ3v) is 3.48. The Morgan fingerprint density at radius 2 is 2.18 bits per heavy atom. The minimum Gasteiger partial charge on any atom is -0.495 e. The normalized spacial score (nSPS) is 11.4. The van der Waals surface area contributed by atoms with Crippen molar-refractivity contribution >= 4 is 16.6 Å². The Labute approximate surface area is 124 Å². The average Bonchev–Trinajstić information content (AvgIpc) is 3.13. The van der Waals surface area contributed by atoms with E-state index in [1.807, 2.05) is 19.2 Å². The van der Waals surface area contributed by atoms with E-state index in [-0.39, 0.29) is 5.69 Å². The molecule has 1 aromatic carbocycles. The molecule has 0 spiro atoms. The van der Waals surface area contributed by atoms with Gasteiger partial charge in [-0.15, -0.1) is 5.10 Å². The van der Waals surface area contributed by atoms with Crippen molar-refractivity contribution in [1.82, 2.24) is 29.4 Å². The Morgan fingerprint density at radius 1 is 1.32 bits per heavy atom. The van der Waals surface area contributed by atoms with E-state index in [0.717, 1.165) is 10.9 Å². The van der Waals surface area contributed by atoms with E-state index in [1.165, 1.54) is 4.52 Å². The van der Waals surface area contributed by atoms with E-state index in [9.17, 15) is 4.79 Å². The van der Waals surface area contributed by atoms with Crippen LogP contribution in [-0.2, 0) is 7.05 Å². The minimum absolute atomic E-state index is 0.366. The van der Waals surface area contributed by atoms with Gasteiger partial charge in [0.15, 0.2) is 11.5 Å². The molecule has 110 valence electrons. The van der Waals surface area contributed by atoms with Gasteiger partial charge < -0.3 is 9.72 Å². The highest BCUT2D eigenvalue weighted by Crippen LogP contribution is 2.25. The standard InChI is InChI=1S/C14H12N6O2/c1-19-7-8(6-15-19)12-17-13-9-4-3-5-10(22-2)11(9)16-14(21)20(13)18-12/h3-7H,1-2H3,(H,16,21). The number of nitrogens with one attached hydrogen (secondary N) is 1. The molecular weight excluding hydrogens is 284 g/mol.